The lowest BCUT2D eigenvalue weighted by Crippen LogP contribution is -2.65. The Balaban J connectivity index is 1.61. The lowest BCUT2D eigenvalue weighted by Gasteiger charge is -2.32. The quantitative estimate of drug-likeness (QED) is 0.130. The van der Waals surface area contributed by atoms with Gasteiger partial charge in [0.25, 0.3) is 0 Å². The third-order valence-corrected chi connectivity index (χ3v) is 14.6. The minimum absolute atomic E-state index is 0.732. The summed E-state index contributed by atoms with van der Waals surface area (Å²) in [7, 11) is -3.05. The topological polar surface area (TPSA) is 0 Å². The van der Waals surface area contributed by atoms with Crippen LogP contribution in [0, 0.1) is 0 Å². The third-order valence-electron chi connectivity index (χ3n) is 7.63. The maximum atomic E-state index is 2.51. The summed E-state index contributed by atoms with van der Waals surface area (Å²) in [6, 6.07) is 62.5. The number of hydrogen-bond donors (Lipinski definition) is 0. The van der Waals surface area contributed by atoms with Crippen molar-refractivity contribution in [1.82, 2.24) is 0 Å². The molecule has 0 saturated carbocycles. The average Bonchev–Trinajstić information content (AvgIpc) is 3.03. The highest BCUT2D eigenvalue weighted by atomic mass is 31.1. The Kier molecular flexibility index (Phi) is 7.37. The second-order valence-corrected chi connectivity index (χ2v) is 16.1. The predicted molar refractivity (Wildman–Crippen MR) is 174 cm³/mol. The molecule has 0 aromatic heterocycles. The normalized spacial score (nSPS) is 11.4. The molecular formula is C37H31PSi. The zero-order valence-electron chi connectivity index (χ0n) is 22.1. The molecule has 6 aromatic rings. The lowest BCUT2D eigenvalue weighted by molar-refractivity contribution is 1.64. The van der Waals surface area contributed by atoms with Gasteiger partial charge >= 0.3 is 0 Å². The Morgan fingerprint density at radius 2 is 0.769 bits per heavy atom. The highest BCUT2D eigenvalue weighted by molar-refractivity contribution is 7.80. The van der Waals surface area contributed by atoms with Gasteiger partial charge in [-0.1, -0.05) is 176 Å². The van der Waals surface area contributed by atoms with Gasteiger partial charge in [-0.3, -0.25) is 0 Å². The number of benzene rings is 6. The summed E-state index contributed by atoms with van der Waals surface area (Å²) in [4.78, 5) is 0. The molecule has 39 heavy (non-hydrogen) atoms. The number of rotatable bonds is 7. The first-order valence-corrected chi connectivity index (χ1v) is 17.3. The van der Waals surface area contributed by atoms with Gasteiger partial charge in [-0.15, -0.1) is 0 Å². The fourth-order valence-electron chi connectivity index (χ4n) is 5.65. The zero-order valence-corrected chi connectivity index (χ0v) is 24.0. The summed E-state index contributed by atoms with van der Waals surface area (Å²) >= 11 is 0. The van der Waals surface area contributed by atoms with Crippen molar-refractivity contribution in [3.8, 4) is 11.1 Å². The third kappa shape index (κ3) is 4.92. The van der Waals surface area contributed by atoms with Crippen molar-refractivity contribution in [3.05, 3.63) is 170 Å². The van der Waals surface area contributed by atoms with Crippen LogP contribution in [0.2, 0.25) is 6.55 Å². The van der Waals surface area contributed by atoms with Gasteiger partial charge in [-0.05, 0) is 50.5 Å². The number of hydrogen-bond acceptors (Lipinski definition) is 0. The molecule has 0 unspecified atom stereocenters. The van der Waals surface area contributed by atoms with Crippen LogP contribution in [0.15, 0.2) is 170 Å². The summed E-state index contributed by atoms with van der Waals surface area (Å²) in [5.74, 6) is 0. The van der Waals surface area contributed by atoms with Crippen molar-refractivity contribution in [3.63, 3.8) is 0 Å². The van der Waals surface area contributed by atoms with E-state index in [0.29, 0.717) is 0 Å². The van der Waals surface area contributed by atoms with E-state index in [0.717, 1.165) is 0 Å². The largest absolute Gasteiger partial charge is 0.146 e. The Morgan fingerprint density at radius 1 is 0.385 bits per heavy atom. The molecule has 0 aliphatic heterocycles. The average molecular weight is 535 g/mol. The molecule has 0 fully saturated rings. The van der Waals surface area contributed by atoms with Crippen molar-refractivity contribution < 1.29 is 0 Å². The molecule has 0 radical (unpaired) electrons. The molecule has 0 saturated heterocycles. The van der Waals surface area contributed by atoms with Gasteiger partial charge in [-0.25, -0.2) is 0 Å². The summed E-state index contributed by atoms with van der Waals surface area (Å²) < 4.78 is 0. The SMILES string of the molecule is C[Si](c1ccccc1)(c1ccccc1)c1ccccc1-c1ccccc1P(c1ccccc1)c1ccccc1. The Labute approximate surface area is 234 Å². The molecule has 0 atom stereocenters. The van der Waals surface area contributed by atoms with Gasteiger partial charge in [-0.2, -0.15) is 0 Å². The summed E-state index contributed by atoms with van der Waals surface area (Å²) in [6.45, 7) is 2.51. The molecule has 0 bridgehead atoms. The molecule has 0 spiro atoms. The maximum absolute atomic E-state index is 2.51. The summed E-state index contributed by atoms with van der Waals surface area (Å²) in [5, 5.41) is 8.44. The molecule has 0 amide bonds. The predicted octanol–water partition coefficient (Wildman–Crippen LogP) is 6.21. The van der Waals surface area contributed by atoms with E-state index < -0.39 is 16.0 Å². The van der Waals surface area contributed by atoms with Crippen molar-refractivity contribution in [2.24, 2.45) is 0 Å². The van der Waals surface area contributed by atoms with E-state index >= 15 is 0 Å². The molecule has 0 heterocycles. The molecule has 0 N–H and O–H groups in total. The van der Waals surface area contributed by atoms with E-state index in [2.05, 4.69) is 176 Å². The molecular weight excluding hydrogens is 503 g/mol. The van der Waals surface area contributed by atoms with Crippen LogP contribution in [0.5, 0.6) is 0 Å². The van der Waals surface area contributed by atoms with Crippen LogP contribution in [0.25, 0.3) is 11.1 Å². The van der Waals surface area contributed by atoms with E-state index in [-0.39, 0.29) is 0 Å². The smallest absolute Gasteiger partial charge is 0.0624 e. The molecule has 6 aromatic carbocycles. The molecule has 0 nitrogen and oxygen atoms in total. The van der Waals surface area contributed by atoms with Gasteiger partial charge in [0.05, 0.1) is 0 Å². The first-order chi connectivity index (χ1) is 19.3. The van der Waals surface area contributed by atoms with Crippen molar-refractivity contribution in [1.29, 1.82) is 0 Å². The molecule has 188 valence electrons. The van der Waals surface area contributed by atoms with Crippen LogP contribution in [0.4, 0.5) is 0 Å². The second-order valence-electron chi connectivity index (χ2n) is 9.93. The van der Waals surface area contributed by atoms with Crippen molar-refractivity contribution in [2.75, 3.05) is 0 Å². The molecule has 0 aliphatic carbocycles. The van der Waals surface area contributed by atoms with E-state index in [4.69, 9.17) is 0 Å². The van der Waals surface area contributed by atoms with Gasteiger partial charge in [0.15, 0.2) is 0 Å². The standard InChI is InChI=1S/C37H31PSi/c1-39(32-22-10-4-11-23-32,33-24-12-5-13-25-33)37-29-17-15-27-35(37)34-26-14-16-28-36(34)38(30-18-6-2-7-19-30)31-20-8-3-9-21-31/h2-29H,1H3. The zero-order chi connectivity index (χ0) is 26.5. The van der Waals surface area contributed by atoms with Gasteiger partial charge in [0.1, 0.15) is 8.07 Å². The van der Waals surface area contributed by atoms with Crippen LogP contribution in [0.3, 0.4) is 0 Å². The molecule has 2 heteroatoms. The maximum Gasteiger partial charge on any atom is 0.146 e. The Hall–Kier alpha value is -4.03. The highest BCUT2D eigenvalue weighted by Gasteiger charge is 2.36. The first kappa shape index (κ1) is 25.3. The minimum Gasteiger partial charge on any atom is -0.0624 e. The van der Waals surface area contributed by atoms with Crippen molar-refractivity contribution >= 4 is 47.5 Å². The Bertz CT molecular complexity index is 1570. The minimum atomic E-state index is -2.31. The fraction of sp³-hybridized carbons (Fsp3) is 0.0270. The van der Waals surface area contributed by atoms with Gasteiger partial charge < -0.3 is 0 Å². The first-order valence-electron chi connectivity index (χ1n) is 13.5. The second kappa shape index (κ2) is 11.4. The van der Waals surface area contributed by atoms with E-state index in [1.165, 1.54) is 42.6 Å². The van der Waals surface area contributed by atoms with Gasteiger partial charge in [0.2, 0.25) is 0 Å². The monoisotopic (exact) mass is 534 g/mol. The van der Waals surface area contributed by atoms with Crippen LogP contribution < -0.4 is 31.5 Å². The molecule has 6 rings (SSSR count). The van der Waals surface area contributed by atoms with Crippen LogP contribution >= 0.6 is 7.92 Å². The van der Waals surface area contributed by atoms with E-state index in [9.17, 15) is 0 Å². The molecule has 0 aliphatic rings. The van der Waals surface area contributed by atoms with Gasteiger partial charge in [0, 0.05) is 0 Å². The van der Waals surface area contributed by atoms with Crippen LogP contribution in [-0.4, -0.2) is 8.07 Å². The van der Waals surface area contributed by atoms with Crippen LogP contribution in [0.1, 0.15) is 0 Å². The summed E-state index contributed by atoms with van der Waals surface area (Å²) in [6.07, 6.45) is 0. The fourth-order valence-corrected chi connectivity index (χ4v) is 12.0. The highest BCUT2D eigenvalue weighted by Crippen LogP contribution is 2.37. The van der Waals surface area contributed by atoms with Crippen molar-refractivity contribution in [2.45, 2.75) is 6.55 Å². The summed E-state index contributed by atoms with van der Waals surface area (Å²) in [5.41, 5.74) is 2.67. The Morgan fingerprint density at radius 3 is 1.28 bits per heavy atom. The van der Waals surface area contributed by atoms with E-state index in [1.807, 2.05) is 0 Å². The van der Waals surface area contributed by atoms with Crippen LogP contribution in [-0.2, 0) is 0 Å². The van der Waals surface area contributed by atoms with E-state index in [1.54, 1.807) is 0 Å². The lowest BCUT2D eigenvalue weighted by atomic mass is 10.1.